The fourth-order valence-corrected chi connectivity index (χ4v) is 9.79. The van der Waals surface area contributed by atoms with E-state index in [0.717, 1.165) is 122 Å². The fourth-order valence-electron chi connectivity index (χ4n) is 9.79. The maximum Gasteiger partial charge on any atom is 0.306 e. The van der Waals surface area contributed by atoms with Crippen molar-refractivity contribution in [2.24, 2.45) is 0 Å². The molecule has 0 aliphatic heterocycles. The van der Waals surface area contributed by atoms with Crippen LogP contribution in [0.2, 0.25) is 0 Å². The summed E-state index contributed by atoms with van der Waals surface area (Å²) in [6, 6.07) is 0. The molecule has 0 aliphatic rings. The van der Waals surface area contributed by atoms with Gasteiger partial charge in [-0.2, -0.15) is 0 Å². The van der Waals surface area contributed by atoms with Crippen molar-refractivity contribution in [3.05, 3.63) is 109 Å². The van der Waals surface area contributed by atoms with Crippen LogP contribution >= 0.6 is 0 Å². The van der Waals surface area contributed by atoms with E-state index in [1.165, 1.54) is 173 Å². The highest BCUT2D eigenvalue weighted by Gasteiger charge is 2.19. The van der Waals surface area contributed by atoms with E-state index in [0.29, 0.717) is 19.3 Å². The standard InChI is InChI=1S/C76H130O6/c1-4-7-10-13-16-19-22-25-28-30-31-32-33-34-35-36-37-38-39-40-41-42-43-44-45-47-48-51-54-57-60-63-66-69-75(78)81-72-73(71-80-74(77)68-65-62-59-56-53-50-27-24-21-18-15-12-9-6-3)82-76(79)70-67-64-61-58-55-52-49-46-29-26-23-20-17-14-11-8-5-2/h7,10,15-16,18-19,24-25,27-28,31-32,34-35,37-38,40-41,73H,4-6,8-9,11-14,17,20-23,26,29-30,33,36,39,42-72H2,1-3H3/b10-7-,18-15-,19-16-,27-24-,28-25-,32-31-,35-34-,38-37-,41-40-. The first-order valence-corrected chi connectivity index (χ1v) is 34.9. The molecule has 470 valence electrons. The van der Waals surface area contributed by atoms with E-state index in [2.05, 4.69) is 130 Å². The topological polar surface area (TPSA) is 78.9 Å². The van der Waals surface area contributed by atoms with Crippen molar-refractivity contribution >= 4 is 17.9 Å². The van der Waals surface area contributed by atoms with Crippen LogP contribution in [0.1, 0.15) is 335 Å². The molecule has 0 aromatic rings. The predicted octanol–water partition coefficient (Wildman–Crippen LogP) is 24.2. The molecule has 0 aromatic heterocycles. The zero-order chi connectivity index (χ0) is 59.2. The van der Waals surface area contributed by atoms with Gasteiger partial charge < -0.3 is 14.2 Å². The third-order valence-corrected chi connectivity index (χ3v) is 15.0. The largest absolute Gasteiger partial charge is 0.462 e. The lowest BCUT2D eigenvalue weighted by Crippen LogP contribution is -2.30. The summed E-state index contributed by atoms with van der Waals surface area (Å²) in [6.45, 7) is 6.51. The third-order valence-electron chi connectivity index (χ3n) is 15.0. The maximum absolute atomic E-state index is 12.9. The molecule has 0 saturated heterocycles. The van der Waals surface area contributed by atoms with Gasteiger partial charge in [0.15, 0.2) is 6.10 Å². The molecule has 0 radical (unpaired) electrons. The molecule has 6 nitrogen and oxygen atoms in total. The number of carbonyl (C=O) groups is 3. The van der Waals surface area contributed by atoms with E-state index in [1.54, 1.807) is 0 Å². The van der Waals surface area contributed by atoms with Gasteiger partial charge in [0.1, 0.15) is 13.2 Å². The van der Waals surface area contributed by atoms with E-state index in [4.69, 9.17) is 14.2 Å². The van der Waals surface area contributed by atoms with Crippen molar-refractivity contribution in [2.75, 3.05) is 13.2 Å². The SMILES string of the molecule is CC/C=C\C/C=C\C/C=C\C/C=C\C/C=C\C/C=C\C/C=C\CCCCCCCCCCCCCC(=O)OCC(COC(=O)CCCCCCC/C=C\C/C=C\CCCC)OC(=O)CCCCCCCCCCCCCCCCCCC. The van der Waals surface area contributed by atoms with Gasteiger partial charge >= 0.3 is 17.9 Å². The molecule has 82 heavy (non-hydrogen) atoms. The van der Waals surface area contributed by atoms with E-state index in [-0.39, 0.29) is 31.1 Å². The number of rotatable bonds is 63. The average molecular weight is 1140 g/mol. The van der Waals surface area contributed by atoms with Crippen LogP contribution in [0.4, 0.5) is 0 Å². The lowest BCUT2D eigenvalue weighted by molar-refractivity contribution is -0.167. The van der Waals surface area contributed by atoms with E-state index < -0.39 is 6.10 Å². The molecule has 0 saturated carbocycles. The Bertz CT molecular complexity index is 1640. The Morgan fingerprint density at radius 2 is 0.488 bits per heavy atom. The van der Waals surface area contributed by atoms with Gasteiger partial charge in [0, 0.05) is 19.3 Å². The number of hydrogen-bond donors (Lipinski definition) is 0. The van der Waals surface area contributed by atoms with Crippen LogP contribution in [0.15, 0.2) is 109 Å². The minimum atomic E-state index is -0.785. The minimum absolute atomic E-state index is 0.0811. The van der Waals surface area contributed by atoms with Gasteiger partial charge in [0.05, 0.1) is 0 Å². The van der Waals surface area contributed by atoms with Crippen molar-refractivity contribution in [1.82, 2.24) is 0 Å². The van der Waals surface area contributed by atoms with Crippen LogP contribution in [0, 0.1) is 0 Å². The van der Waals surface area contributed by atoms with Crippen molar-refractivity contribution in [3.8, 4) is 0 Å². The molecular formula is C76H130O6. The number of allylic oxidation sites excluding steroid dienone is 18. The first-order valence-electron chi connectivity index (χ1n) is 34.9. The van der Waals surface area contributed by atoms with Crippen molar-refractivity contribution in [1.29, 1.82) is 0 Å². The Morgan fingerprint density at radius 1 is 0.256 bits per heavy atom. The number of unbranched alkanes of at least 4 members (excludes halogenated alkanes) is 34. The number of carbonyl (C=O) groups excluding carboxylic acids is 3. The third kappa shape index (κ3) is 66.9. The summed E-state index contributed by atoms with van der Waals surface area (Å²) in [5.41, 5.74) is 0. The van der Waals surface area contributed by atoms with Crippen LogP contribution in [0.25, 0.3) is 0 Å². The van der Waals surface area contributed by atoms with Crippen LogP contribution < -0.4 is 0 Å². The van der Waals surface area contributed by atoms with Crippen molar-refractivity contribution < 1.29 is 28.6 Å². The zero-order valence-electron chi connectivity index (χ0n) is 54.0. The quantitative estimate of drug-likeness (QED) is 0.0261. The second kappa shape index (κ2) is 69.6. The van der Waals surface area contributed by atoms with Crippen LogP contribution in [-0.4, -0.2) is 37.2 Å². The van der Waals surface area contributed by atoms with Crippen LogP contribution in [0.5, 0.6) is 0 Å². The molecule has 0 aliphatic carbocycles. The summed E-state index contributed by atoms with van der Waals surface area (Å²) in [6.07, 6.45) is 95.4. The Morgan fingerprint density at radius 3 is 0.780 bits per heavy atom. The molecule has 1 atom stereocenters. The fraction of sp³-hybridized carbons (Fsp3) is 0.724. The van der Waals surface area contributed by atoms with Gasteiger partial charge in [-0.3, -0.25) is 14.4 Å². The van der Waals surface area contributed by atoms with Crippen molar-refractivity contribution in [2.45, 2.75) is 341 Å². The second-order valence-electron chi connectivity index (χ2n) is 23.1. The molecule has 0 amide bonds. The van der Waals surface area contributed by atoms with E-state index in [9.17, 15) is 14.4 Å². The van der Waals surface area contributed by atoms with Crippen LogP contribution in [0.3, 0.4) is 0 Å². The molecule has 0 N–H and O–H groups in total. The molecule has 1 unspecified atom stereocenters. The summed E-state index contributed by atoms with van der Waals surface area (Å²) >= 11 is 0. The lowest BCUT2D eigenvalue weighted by atomic mass is 10.0. The Hall–Kier alpha value is -3.93. The Kier molecular flexibility index (Phi) is 66.2. The number of hydrogen-bond acceptors (Lipinski definition) is 6. The molecule has 0 fully saturated rings. The van der Waals surface area contributed by atoms with Gasteiger partial charge in [-0.15, -0.1) is 0 Å². The first kappa shape index (κ1) is 78.1. The molecule has 6 heteroatoms. The summed E-state index contributed by atoms with van der Waals surface area (Å²) < 4.78 is 17.0. The van der Waals surface area contributed by atoms with Gasteiger partial charge in [0.25, 0.3) is 0 Å². The van der Waals surface area contributed by atoms with Gasteiger partial charge in [0.2, 0.25) is 0 Å². The number of esters is 3. The van der Waals surface area contributed by atoms with Crippen LogP contribution in [-0.2, 0) is 28.6 Å². The molecule has 0 spiro atoms. The zero-order valence-corrected chi connectivity index (χ0v) is 54.0. The normalized spacial score (nSPS) is 12.8. The highest BCUT2D eigenvalue weighted by molar-refractivity contribution is 5.71. The molecule has 0 bridgehead atoms. The smallest absolute Gasteiger partial charge is 0.306 e. The molecule has 0 rings (SSSR count). The van der Waals surface area contributed by atoms with E-state index >= 15 is 0 Å². The number of ether oxygens (including phenoxy) is 3. The molecule has 0 aromatic carbocycles. The summed E-state index contributed by atoms with van der Waals surface area (Å²) in [4.78, 5) is 38.4. The average Bonchev–Trinajstić information content (AvgIpc) is 3.47. The Balaban J connectivity index is 4.25. The Labute approximate surface area is 508 Å². The van der Waals surface area contributed by atoms with Gasteiger partial charge in [-0.05, 0) is 103 Å². The van der Waals surface area contributed by atoms with E-state index in [1.807, 2.05) is 0 Å². The minimum Gasteiger partial charge on any atom is -0.462 e. The van der Waals surface area contributed by atoms with Gasteiger partial charge in [-0.1, -0.05) is 323 Å². The summed E-state index contributed by atoms with van der Waals surface area (Å²) in [5, 5.41) is 0. The highest BCUT2D eigenvalue weighted by atomic mass is 16.6. The maximum atomic E-state index is 12.9. The first-order chi connectivity index (χ1) is 40.5. The highest BCUT2D eigenvalue weighted by Crippen LogP contribution is 2.17. The van der Waals surface area contributed by atoms with Gasteiger partial charge in [-0.25, -0.2) is 0 Å². The predicted molar refractivity (Wildman–Crippen MR) is 357 cm³/mol. The molecular weight excluding hydrogens is 1010 g/mol. The second-order valence-corrected chi connectivity index (χ2v) is 23.1. The summed E-state index contributed by atoms with van der Waals surface area (Å²) in [7, 11) is 0. The monoisotopic (exact) mass is 1140 g/mol. The molecule has 0 heterocycles. The summed E-state index contributed by atoms with van der Waals surface area (Å²) in [5.74, 6) is -0.883. The lowest BCUT2D eigenvalue weighted by Gasteiger charge is -2.18. The van der Waals surface area contributed by atoms with Crippen molar-refractivity contribution in [3.63, 3.8) is 0 Å².